The van der Waals surface area contributed by atoms with E-state index in [0.717, 1.165) is 28.8 Å². The van der Waals surface area contributed by atoms with Crippen molar-refractivity contribution >= 4 is 22.5 Å². The van der Waals surface area contributed by atoms with Gasteiger partial charge in [0.05, 0.1) is 16.6 Å². The molecule has 5 rings (SSSR count). The third-order valence-corrected chi connectivity index (χ3v) is 5.89. The van der Waals surface area contributed by atoms with Gasteiger partial charge in [-0.2, -0.15) is 13.2 Å². The number of benzene rings is 3. The Hall–Kier alpha value is -4.46. The molecule has 36 heavy (non-hydrogen) atoms. The van der Waals surface area contributed by atoms with Crippen LogP contribution in [0.15, 0.2) is 90.0 Å². The Morgan fingerprint density at radius 1 is 0.917 bits per heavy atom. The van der Waals surface area contributed by atoms with Crippen LogP contribution in [0.4, 0.5) is 24.8 Å². The highest BCUT2D eigenvalue weighted by molar-refractivity contribution is 5.85. The van der Waals surface area contributed by atoms with Gasteiger partial charge in [0.15, 0.2) is 0 Å². The van der Waals surface area contributed by atoms with Crippen molar-refractivity contribution < 1.29 is 13.2 Å². The molecule has 0 radical (unpaired) electrons. The predicted octanol–water partition coefficient (Wildman–Crippen LogP) is 6.83. The van der Waals surface area contributed by atoms with Gasteiger partial charge in [-0.25, -0.2) is 9.97 Å². The van der Waals surface area contributed by atoms with Crippen LogP contribution in [-0.4, -0.2) is 14.5 Å². The monoisotopic (exact) mass is 486 g/mol. The number of alkyl halides is 3. The smallest absolute Gasteiger partial charge is 0.324 e. The topological polar surface area (TPSA) is 59.8 Å². The Morgan fingerprint density at radius 3 is 2.50 bits per heavy atom. The van der Waals surface area contributed by atoms with Crippen molar-refractivity contribution in [2.45, 2.75) is 20.0 Å². The summed E-state index contributed by atoms with van der Waals surface area (Å²) >= 11 is 0. The summed E-state index contributed by atoms with van der Waals surface area (Å²) in [5.74, 6) is 0.448. The van der Waals surface area contributed by atoms with Gasteiger partial charge < -0.3 is 5.32 Å². The fourth-order valence-electron chi connectivity index (χ4n) is 4.11. The normalized spacial score (nSPS) is 11.6. The maximum atomic E-state index is 13.4. The minimum atomic E-state index is -4.50. The number of nitrogens with one attached hydrogen (secondary N) is 1. The summed E-state index contributed by atoms with van der Waals surface area (Å²) in [7, 11) is 0. The first-order valence-corrected chi connectivity index (χ1v) is 11.2. The number of pyridine rings is 1. The maximum absolute atomic E-state index is 13.4. The van der Waals surface area contributed by atoms with E-state index in [1.165, 1.54) is 22.9 Å². The van der Waals surface area contributed by atoms with Gasteiger partial charge in [0.1, 0.15) is 0 Å². The van der Waals surface area contributed by atoms with Gasteiger partial charge in [0.25, 0.3) is 5.56 Å². The third kappa shape index (κ3) is 4.57. The Kier molecular flexibility index (Phi) is 5.80. The van der Waals surface area contributed by atoms with Crippen LogP contribution in [0.25, 0.3) is 27.7 Å². The van der Waals surface area contributed by atoms with Gasteiger partial charge in [0, 0.05) is 29.2 Å². The summed E-state index contributed by atoms with van der Waals surface area (Å²) in [5.41, 5.74) is 3.34. The maximum Gasteiger partial charge on any atom is 0.416 e. The molecule has 3 aromatic carbocycles. The molecule has 0 saturated heterocycles. The van der Waals surface area contributed by atoms with Crippen molar-refractivity contribution in [2.24, 2.45) is 0 Å². The van der Waals surface area contributed by atoms with E-state index >= 15 is 0 Å². The number of hydrogen-bond acceptors (Lipinski definition) is 4. The highest BCUT2D eigenvalue weighted by atomic mass is 19.4. The Bertz CT molecular complexity index is 1660. The van der Waals surface area contributed by atoms with Crippen LogP contribution in [0.3, 0.4) is 0 Å². The van der Waals surface area contributed by atoms with Gasteiger partial charge in [-0.3, -0.25) is 9.36 Å². The average Bonchev–Trinajstić information content (AvgIpc) is 2.84. The van der Waals surface area contributed by atoms with Gasteiger partial charge in [0.2, 0.25) is 5.95 Å². The van der Waals surface area contributed by atoms with Crippen LogP contribution in [-0.2, 0) is 6.18 Å². The van der Waals surface area contributed by atoms with Gasteiger partial charge in [-0.15, -0.1) is 0 Å². The predicted molar refractivity (Wildman–Crippen MR) is 135 cm³/mol. The quantitative estimate of drug-likeness (QED) is 0.303. The molecule has 0 spiro atoms. The van der Waals surface area contributed by atoms with Crippen LogP contribution in [0, 0.1) is 13.8 Å². The lowest BCUT2D eigenvalue weighted by Crippen LogP contribution is -2.21. The fraction of sp³-hybridized carbons (Fsp3) is 0.107. The molecule has 2 aromatic heterocycles. The van der Waals surface area contributed by atoms with Crippen molar-refractivity contribution in [3.63, 3.8) is 0 Å². The number of nitrogens with zero attached hydrogens (tertiary/aromatic N) is 3. The van der Waals surface area contributed by atoms with Crippen LogP contribution in [0.2, 0.25) is 0 Å². The first-order valence-electron chi connectivity index (χ1n) is 11.2. The van der Waals surface area contributed by atoms with E-state index in [4.69, 9.17) is 0 Å². The molecule has 0 saturated carbocycles. The fourth-order valence-corrected chi connectivity index (χ4v) is 4.11. The van der Waals surface area contributed by atoms with Gasteiger partial charge in [-0.05, 0) is 79.1 Å². The Balaban J connectivity index is 1.53. The van der Waals surface area contributed by atoms with Crippen LogP contribution >= 0.6 is 0 Å². The first-order chi connectivity index (χ1) is 17.2. The molecule has 0 aliphatic heterocycles. The molecule has 0 aliphatic carbocycles. The molecule has 0 fully saturated rings. The van der Waals surface area contributed by atoms with E-state index in [1.54, 1.807) is 31.3 Å². The van der Waals surface area contributed by atoms with E-state index in [9.17, 15) is 18.0 Å². The van der Waals surface area contributed by atoms with Crippen molar-refractivity contribution in [3.05, 3.63) is 112 Å². The van der Waals surface area contributed by atoms with E-state index in [1.807, 2.05) is 37.3 Å². The third-order valence-electron chi connectivity index (χ3n) is 5.89. The van der Waals surface area contributed by atoms with Crippen LogP contribution in [0.5, 0.6) is 0 Å². The first kappa shape index (κ1) is 23.3. The summed E-state index contributed by atoms with van der Waals surface area (Å²) in [4.78, 5) is 22.4. The summed E-state index contributed by atoms with van der Waals surface area (Å²) < 4.78 is 40.8. The molecule has 0 aliphatic rings. The molecule has 180 valence electrons. The average molecular weight is 486 g/mol. The van der Waals surface area contributed by atoms with Gasteiger partial charge in [-0.1, -0.05) is 24.3 Å². The van der Waals surface area contributed by atoms with Crippen LogP contribution < -0.4 is 10.9 Å². The number of hydrogen-bond donors (Lipinski definition) is 1. The second-order valence-corrected chi connectivity index (χ2v) is 8.56. The summed E-state index contributed by atoms with van der Waals surface area (Å²) in [6, 6.07) is 19.7. The second-order valence-electron chi connectivity index (χ2n) is 8.56. The number of aryl methyl sites for hydroxylation is 2. The SMILES string of the molecule is Cc1cccc(Nc2ncc3cc(-c4c(C)ccn(-c5cccc(C(F)(F)F)c5)c4=O)ccc3n2)c1. The molecule has 0 bridgehead atoms. The lowest BCUT2D eigenvalue weighted by molar-refractivity contribution is -0.137. The van der Waals surface area contributed by atoms with Crippen molar-refractivity contribution in [1.82, 2.24) is 14.5 Å². The molecular formula is C28H21F3N4O. The van der Waals surface area contributed by atoms with E-state index in [2.05, 4.69) is 15.3 Å². The molecule has 8 heteroatoms. The van der Waals surface area contributed by atoms with Crippen molar-refractivity contribution in [3.8, 4) is 16.8 Å². The van der Waals surface area contributed by atoms with E-state index < -0.39 is 17.3 Å². The lowest BCUT2D eigenvalue weighted by Gasteiger charge is -2.14. The largest absolute Gasteiger partial charge is 0.416 e. The Morgan fingerprint density at radius 2 is 1.72 bits per heavy atom. The summed E-state index contributed by atoms with van der Waals surface area (Å²) in [6.45, 7) is 3.79. The minimum Gasteiger partial charge on any atom is -0.324 e. The molecule has 0 atom stereocenters. The number of halogens is 3. The zero-order chi connectivity index (χ0) is 25.4. The van der Waals surface area contributed by atoms with Gasteiger partial charge >= 0.3 is 6.18 Å². The molecule has 0 unspecified atom stereocenters. The summed E-state index contributed by atoms with van der Waals surface area (Å²) in [5, 5.41) is 3.92. The zero-order valence-electron chi connectivity index (χ0n) is 19.5. The molecular weight excluding hydrogens is 465 g/mol. The number of rotatable bonds is 4. The number of aromatic nitrogens is 3. The van der Waals surface area contributed by atoms with Crippen molar-refractivity contribution in [1.29, 1.82) is 0 Å². The summed E-state index contributed by atoms with van der Waals surface area (Å²) in [6.07, 6.45) is -1.34. The zero-order valence-corrected chi connectivity index (χ0v) is 19.5. The molecule has 1 N–H and O–H groups in total. The van der Waals surface area contributed by atoms with E-state index in [-0.39, 0.29) is 5.69 Å². The second kappa shape index (κ2) is 8.96. The minimum absolute atomic E-state index is 0.145. The molecule has 5 aromatic rings. The van der Waals surface area contributed by atoms with Crippen molar-refractivity contribution in [2.75, 3.05) is 5.32 Å². The Labute approximate surface area is 204 Å². The molecule has 5 nitrogen and oxygen atoms in total. The number of fused-ring (bicyclic) bond motifs is 1. The molecule has 0 amide bonds. The highest BCUT2D eigenvalue weighted by Crippen LogP contribution is 2.31. The molecule has 2 heterocycles. The lowest BCUT2D eigenvalue weighted by atomic mass is 10.0. The number of anilines is 2. The highest BCUT2D eigenvalue weighted by Gasteiger charge is 2.30. The van der Waals surface area contributed by atoms with E-state index in [0.29, 0.717) is 28.2 Å². The standard InChI is InChI=1S/C28H21F3N4O/c1-17-5-3-7-22(13-17)33-27-32-16-20-14-19(9-10-24(20)34-27)25-18(2)11-12-35(26(25)36)23-8-4-6-21(15-23)28(29,30)31/h3-16H,1-2H3,(H,32,33,34). The van der Waals surface area contributed by atoms with Crippen LogP contribution in [0.1, 0.15) is 16.7 Å².